The molecule has 0 saturated carbocycles. The quantitative estimate of drug-likeness (QED) is 0.510. The third-order valence-electron chi connectivity index (χ3n) is 4.57. The Bertz CT molecular complexity index is 1240. The number of para-hydroxylation sites is 2. The summed E-state index contributed by atoms with van der Waals surface area (Å²) in [4.78, 5) is 38.6. The molecule has 6 nitrogen and oxygen atoms in total. The molecule has 2 aromatic heterocycles. The van der Waals surface area contributed by atoms with E-state index in [1.165, 1.54) is 17.4 Å². The molecule has 0 aliphatic rings. The van der Waals surface area contributed by atoms with Gasteiger partial charge in [0.1, 0.15) is 10.8 Å². The molecule has 29 heavy (non-hydrogen) atoms. The molecule has 2 aromatic carbocycles. The van der Waals surface area contributed by atoms with Crippen LogP contribution in [0.1, 0.15) is 24.7 Å². The fourth-order valence-corrected chi connectivity index (χ4v) is 3.96. The molecule has 2 heterocycles. The first kappa shape index (κ1) is 19.0. The van der Waals surface area contributed by atoms with Gasteiger partial charge >= 0.3 is 0 Å². The first-order chi connectivity index (χ1) is 14.0. The molecular weight excluding hydrogens is 384 g/mol. The molecule has 0 fully saturated rings. The summed E-state index contributed by atoms with van der Waals surface area (Å²) >= 11 is 1.54. The third kappa shape index (κ3) is 4.09. The molecule has 0 aliphatic carbocycles. The zero-order valence-electron chi connectivity index (χ0n) is 16.1. The Morgan fingerprint density at radius 1 is 1.10 bits per heavy atom. The van der Waals surface area contributed by atoms with Crippen LogP contribution in [0.2, 0.25) is 0 Å². The first-order valence-electron chi connectivity index (χ1n) is 9.33. The van der Waals surface area contributed by atoms with Gasteiger partial charge in [0, 0.05) is 12.1 Å². The number of H-pyrrole nitrogens is 1. The van der Waals surface area contributed by atoms with E-state index in [0.717, 1.165) is 15.2 Å². The highest BCUT2D eigenvalue weighted by molar-refractivity contribution is 7.19. The lowest BCUT2D eigenvalue weighted by Crippen LogP contribution is -2.36. The van der Waals surface area contributed by atoms with Gasteiger partial charge in [-0.15, -0.1) is 11.3 Å². The van der Waals surface area contributed by atoms with Crippen molar-refractivity contribution in [3.8, 4) is 0 Å². The SMILES string of the molecule is CC(C)N(Cc1nc2ccccc2c(=O)[nH]1)C(=O)/C=C/c1nc2ccccc2s1. The number of carbonyl (C=O) groups excluding carboxylic acids is 1. The van der Waals surface area contributed by atoms with E-state index in [1.807, 2.05) is 44.2 Å². The van der Waals surface area contributed by atoms with E-state index < -0.39 is 0 Å². The fourth-order valence-electron chi connectivity index (χ4n) is 3.09. The van der Waals surface area contributed by atoms with Gasteiger partial charge in [0.25, 0.3) is 5.56 Å². The molecule has 146 valence electrons. The van der Waals surface area contributed by atoms with Gasteiger partial charge in [-0.2, -0.15) is 0 Å². The van der Waals surface area contributed by atoms with Crippen LogP contribution in [0, 0.1) is 0 Å². The smallest absolute Gasteiger partial charge is 0.258 e. The lowest BCUT2D eigenvalue weighted by molar-refractivity contribution is -0.128. The third-order valence-corrected chi connectivity index (χ3v) is 5.57. The van der Waals surface area contributed by atoms with Crippen LogP contribution in [0.15, 0.2) is 59.4 Å². The molecule has 4 rings (SSSR count). The predicted molar refractivity (Wildman–Crippen MR) is 117 cm³/mol. The minimum atomic E-state index is -0.202. The molecular formula is C22H20N4O2S. The number of aromatic amines is 1. The van der Waals surface area contributed by atoms with Gasteiger partial charge in [-0.05, 0) is 44.2 Å². The normalized spacial score (nSPS) is 11.7. The van der Waals surface area contributed by atoms with Crippen LogP contribution in [0.4, 0.5) is 0 Å². The highest BCUT2D eigenvalue weighted by Gasteiger charge is 2.17. The highest BCUT2D eigenvalue weighted by Crippen LogP contribution is 2.22. The topological polar surface area (TPSA) is 79.0 Å². The number of carbonyl (C=O) groups is 1. The minimum Gasteiger partial charge on any atom is -0.329 e. The second-order valence-electron chi connectivity index (χ2n) is 6.94. The monoisotopic (exact) mass is 404 g/mol. The van der Waals surface area contributed by atoms with Crippen molar-refractivity contribution in [1.82, 2.24) is 19.9 Å². The van der Waals surface area contributed by atoms with Crippen molar-refractivity contribution in [2.45, 2.75) is 26.4 Å². The molecule has 0 atom stereocenters. The number of fused-ring (bicyclic) bond motifs is 2. The summed E-state index contributed by atoms with van der Waals surface area (Å²) < 4.78 is 1.08. The van der Waals surface area contributed by atoms with Crippen molar-refractivity contribution >= 4 is 44.4 Å². The minimum absolute atomic E-state index is 0.0562. The van der Waals surface area contributed by atoms with Gasteiger partial charge < -0.3 is 9.88 Å². The van der Waals surface area contributed by atoms with E-state index in [2.05, 4.69) is 15.0 Å². The van der Waals surface area contributed by atoms with E-state index in [1.54, 1.807) is 29.2 Å². The molecule has 0 saturated heterocycles. The zero-order valence-corrected chi connectivity index (χ0v) is 16.9. The first-order valence-corrected chi connectivity index (χ1v) is 10.1. The van der Waals surface area contributed by atoms with Crippen molar-refractivity contribution in [3.63, 3.8) is 0 Å². The van der Waals surface area contributed by atoms with Crippen molar-refractivity contribution in [3.05, 3.63) is 75.8 Å². The second-order valence-corrected chi connectivity index (χ2v) is 8.01. The Morgan fingerprint density at radius 3 is 2.59 bits per heavy atom. The van der Waals surface area contributed by atoms with Gasteiger partial charge in [-0.1, -0.05) is 24.3 Å². The lowest BCUT2D eigenvalue weighted by Gasteiger charge is -2.25. The second kappa shape index (κ2) is 7.97. The number of hydrogen-bond acceptors (Lipinski definition) is 5. The van der Waals surface area contributed by atoms with E-state index in [0.29, 0.717) is 16.7 Å². The summed E-state index contributed by atoms with van der Waals surface area (Å²) in [5.41, 5.74) is 1.34. The molecule has 7 heteroatoms. The zero-order chi connectivity index (χ0) is 20.4. The van der Waals surface area contributed by atoms with Crippen LogP contribution >= 0.6 is 11.3 Å². The van der Waals surface area contributed by atoms with Crippen LogP contribution in [-0.4, -0.2) is 31.8 Å². The largest absolute Gasteiger partial charge is 0.329 e. The molecule has 0 bridgehead atoms. The average Bonchev–Trinajstić information content (AvgIpc) is 3.13. The summed E-state index contributed by atoms with van der Waals surface area (Å²) in [6.07, 6.45) is 3.26. The number of nitrogens with zero attached hydrogens (tertiary/aromatic N) is 3. The maximum Gasteiger partial charge on any atom is 0.258 e. The Balaban J connectivity index is 1.57. The number of rotatable bonds is 5. The van der Waals surface area contributed by atoms with Crippen LogP contribution in [0.3, 0.4) is 0 Å². The van der Waals surface area contributed by atoms with Crippen molar-refractivity contribution < 1.29 is 4.79 Å². The maximum absolute atomic E-state index is 12.8. The Hall–Kier alpha value is -3.32. The Morgan fingerprint density at radius 2 is 1.83 bits per heavy atom. The number of benzene rings is 2. The lowest BCUT2D eigenvalue weighted by atomic mass is 10.2. The average molecular weight is 404 g/mol. The predicted octanol–water partition coefficient (Wildman–Crippen LogP) is 3.98. The summed E-state index contributed by atoms with van der Waals surface area (Å²) in [6.45, 7) is 4.09. The number of thiazole rings is 1. The molecule has 1 amide bonds. The van der Waals surface area contributed by atoms with Gasteiger partial charge in [0.05, 0.1) is 27.7 Å². The molecule has 0 radical (unpaired) electrons. The Labute approximate surface area is 171 Å². The van der Waals surface area contributed by atoms with Crippen molar-refractivity contribution in [2.75, 3.05) is 0 Å². The molecule has 0 aliphatic heterocycles. The van der Waals surface area contributed by atoms with Crippen molar-refractivity contribution in [1.29, 1.82) is 0 Å². The van der Waals surface area contributed by atoms with E-state index in [9.17, 15) is 9.59 Å². The van der Waals surface area contributed by atoms with E-state index >= 15 is 0 Å². The summed E-state index contributed by atoms with van der Waals surface area (Å²) in [5.74, 6) is 0.305. The number of amides is 1. The molecule has 4 aromatic rings. The standard InChI is InChI=1S/C22H20N4O2S/c1-14(2)26(13-19-23-16-8-4-3-7-15(16)22(28)25-19)21(27)12-11-20-24-17-9-5-6-10-18(17)29-20/h3-12,14H,13H2,1-2H3,(H,23,25,28)/b12-11+. The van der Waals surface area contributed by atoms with Crippen LogP contribution < -0.4 is 5.56 Å². The summed E-state index contributed by atoms with van der Waals surface area (Å²) in [5, 5.41) is 1.31. The number of aromatic nitrogens is 3. The maximum atomic E-state index is 12.8. The summed E-state index contributed by atoms with van der Waals surface area (Å²) in [6, 6.07) is 15.0. The van der Waals surface area contributed by atoms with Crippen LogP contribution in [-0.2, 0) is 11.3 Å². The van der Waals surface area contributed by atoms with Crippen molar-refractivity contribution in [2.24, 2.45) is 0 Å². The van der Waals surface area contributed by atoms with E-state index in [4.69, 9.17) is 0 Å². The Kier molecular flexibility index (Phi) is 5.22. The fraction of sp³-hybridized carbons (Fsp3) is 0.182. The molecule has 0 unspecified atom stereocenters. The van der Waals surface area contributed by atoms with Gasteiger partial charge in [-0.25, -0.2) is 9.97 Å². The number of nitrogens with one attached hydrogen (secondary N) is 1. The molecule has 0 spiro atoms. The van der Waals surface area contributed by atoms with Gasteiger partial charge in [0.15, 0.2) is 0 Å². The van der Waals surface area contributed by atoms with E-state index in [-0.39, 0.29) is 24.1 Å². The molecule has 1 N–H and O–H groups in total. The summed E-state index contributed by atoms with van der Waals surface area (Å²) in [7, 11) is 0. The van der Waals surface area contributed by atoms with Crippen LogP contribution in [0.5, 0.6) is 0 Å². The van der Waals surface area contributed by atoms with Gasteiger partial charge in [0.2, 0.25) is 5.91 Å². The number of hydrogen-bond donors (Lipinski definition) is 1. The van der Waals surface area contributed by atoms with Crippen LogP contribution in [0.25, 0.3) is 27.2 Å². The van der Waals surface area contributed by atoms with Gasteiger partial charge in [-0.3, -0.25) is 9.59 Å². The highest BCUT2D eigenvalue weighted by atomic mass is 32.1.